The van der Waals surface area contributed by atoms with Crippen molar-refractivity contribution in [2.75, 3.05) is 14.2 Å². The topological polar surface area (TPSA) is 345 Å². The first-order valence-electron chi connectivity index (χ1n) is 9.17. The van der Waals surface area contributed by atoms with Gasteiger partial charge in [-0.3, -0.25) is 27.3 Å². The van der Waals surface area contributed by atoms with E-state index in [1.807, 2.05) is 0 Å². The van der Waals surface area contributed by atoms with E-state index < -0.39 is 123 Å². The summed E-state index contributed by atoms with van der Waals surface area (Å²) in [5, 5.41) is -3.95. The molecule has 0 aliphatic heterocycles. The predicted molar refractivity (Wildman–Crippen MR) is 134 cm³/mol. The molecular formula is C14H12Cl2O20S6. The Balaban J connectivity index is 4.03. The van der Waals surface area contributed by atoms with Crippen LogP contribution in [0.5, 0.6) is 11.5 Å². The lowest BCUT2D eigenvalue weighted by Crippen LogP contribution is -2.19. The number of hydrogen-bond acceptors (Lipinski definition) is 14. The molecule has 0 amide bonds. The molecule has 0 atom stereocenters. The van der Waals surface area contributed by atoms with Crippen LogP contribution in [-0.2, 0) is 60.7 Å². The largest absolute Gasteiger partial charge is 0.495 e. The molecule has 0 aliphatic carbocycles. The van der Waals surface area contributed by atoms with E-state index in [0.717, 1.165) is 0 Å². The van der Waals surface area contributed by atoms with E-state index in [9.17, 15) is 77.8 Å². The molecule has 0 heterocycles. The van der Waals surface area contributed by atoms with Gasteiger partial charge in [0.25, 0.3) is 60.7 Å². The van der Waals surface area contributed by atoms with Gasteiger partial charge in [0.2, 0.25) is 0 Å². The zero-order valence-electron chi connectivity index (χ0n) is 19.6. The van der Waals surface area contributed by atoms with Crippen molar-refractivity contribution in [3.05, 3.63) is 10.0 Å². The molecular weight excluding hydrogens is 751 g/mol. The Morgan fingerprint density at radius 1 is 0.405 bits per heavy atom. The quantitative estimate of drug-likeness (QED) is 0.185. The highest BCUT2D eigenvalue weighted by molar-refractivity contribution is 7.90. The molecule has 0 unspecified atom stereocenters. The molecule has 2 aromatic carbocycles. The number of rotatable bonds is 9. The van der Waals surface area contributed by atoms with Crippen LogP contribution in [0.2, 0.25) is 10.0 Å². The van der Waals surface area contributed by atoms with Crippen LogP contribution in [-0.4, -0.2) is 92.0 Å². The predicted octanol–water partition coefficient (Wildman–Crippen LogP) is 0.158. The van der Waals surface area contributed by atoms with Crippen molar-refractivity contribution in [2.24, 2.45) is 0 Å². The van der Waals surface area contributed by atoms with Crippen molar-refractivity contribution >= 4 is 83.9 Å². The SMILES string of the molecule is COc1c(-c2c(OC)c(S(=O)(=O)O)c(Cl)c(S(=O)(=O)O)c2S(=O)(=O)O)c(S(=O)(=O)O)c(S(=O)(=O)O)c(Cl)c1S(=O)(=O)O. The summed E-state index contributed by atoms with van der Waals surface area (Å²) in [6, 6.07) is 0. The van der Waals surface area contributed by atoms with Gasteiger partial charge in [-0.2, -0.15) is 50.5 Å². The zero-order chi connectivity index (χ0) is 33.3. The molecule has 0 fully saturated rings. The van der Waals surface area contributed by atoms with E-state index >= 15 is 0 Å². The Morgan fingerprint density at radius 2 is 0.595 bits per heavy atom. The second-order valence-corrected chi connectivity index (χ2v) is 16.2. The summed E-state index contributed by atoms with van der Waals surface area (Å²) in [5.41, 5.74) is -4.28. The number of methoxy groups -OCH3 is 2. The van der Waals surface area contributed by atoms with Gasteiger partial charge in [0.15, 0.2) is 21.3 Å². The van der Waals surface area contributed by atoms with E-state index in [2.05, 4.69) is 9.47 Å². The number of hydrogen-bond donors (Lipinski definition) is 6. The molecule has 2 aromatic rings. The molecule has 28 heteroatoms. The van der Waals surface area contributed by atoms with Crippen molar-refractivity contribution in [3.8, 4) is 22.6 Å². The molecule has 6 N–H and O–H groups in total. The van der Waals surface area contributed by atoms with Crippen LogP contribution in [0.3, 0.4) is 0 Å². The first kappa shape index (κ1) is 36.3. The van der Waals surface area contributed by atoms with E-state index in [-0.39, 0.29) is 0 Å². The summed E-state index contributed by atoms with van der Waals surface area (Å²) >= 11 is 11.3. The van der Waals surface area contributed by atoms with E-state index in [1.54, 1.807) is 0 Å². The zero-order valence-corrected chi connectivity index (χ0v) is 26.0. The van der Waals surface area contributed by atoms with Gasteiger partial charge in [0.1, 0.15) is 19.6 Å². The third kappa shape index (κ3) is 6.45. The first-order chi connectivity index (χ1) is 18.5. The van der Waals surface area contributed by atoms with Gasteiger partial charge < -0.3 is 9.47 Å². The minimum Gasteiger partial charge on any atom is -0.495 e. The van der Waals surface area contributed by atoms with Gasteiger partial charge in [-0.1, -0.05) is 23.2 Å². The summed E-state index contributed by atoms with van der Waals surface area (Å²) in [5.74, 6) is -3.73. The summed E-state index contributed by atoms with van der Waals surface area (Å²) in [7, 11) is -36.6. The maximum atomic E-state index is 12.5. The summed E-state index contributed by atoms with van der Waals surface area (Å²) in [4.78, 5) is -13.8. The van der Waals surface area contributed by atoms with Crippen LogP contribution < -0.4 is 9.47 Å². The van der Waals surface area contributed by atoms with E-state index in [0.29, 0.717) is 14.2 Å². The fraction of sp³-hybridized carbons (Fsp3) is 0.143. The maximum Gasteiger partial charge on any atom is 0.299 e. The van der Waals surface area contributed by atoms with Crippen molar-refractivity contribution in [1.82, 2.24) is 0 Å². The average molecular weight is 764 g/mol. The average Bonchev–Trinajstić information content (AvgIpc) is 2.72. The molecule has 0 aliphatic rings. The molecule has 0 saturated carbocycles. The molecule has 0 aromatic heterocycles. The highest BCUT2D eigenvalue weighted by Crippen LogP contribution is 2.56. The maximum absolute atomic E-state index is 12.5. The van der Waals surface area contributed by atoms with Crippen LogP contribution in [0.4, 0.5) is 0 Å². The fourth-order valence-corrected chi connectivity index (χ4v) is 11.0. The Kier molecular flexibility index (Phi) is 9.42. The van der Waals surface area contributed by atoms with Crippen molar-refractivity contribution in [1.29, 1.82) is 0 Å². The monoisotopic (exact) mass is 762 g/mol. The Bertz CT molecular complexity index is 2040. The van der Waals surface area contributed by atoms with E-state index in [1.165, 1.54) is 0 Å². The highest BCUT2D eigenvalue weighted by Gasteiger charge is 2.46. The van der Waals surface area contributed by atoms with Crippen LogP contribution in [0.15, 0.2) is 29.4 Å². The van der Waals surface area contributed by atoms with Crippen LogP contribution in [0, 0.1) is 0 Å². The summed E-state index contributed by atoms with van der Waals surface area (Å²) in [6.07, 6.45) is 0. The molecule has 0 radical (unpaired) electrons. The van der Waals surface area contributed by atoms with Crippen LogP contribution in [0.25, 0.3) is 11.1 Å². The number of benzene rings is 2. The minimum atomic E-state index is -6.38. The molecule has 0 saturated heterocycles. The number of ether oxygens (including phenoxy) is 2. The number of halogens is 2. The van der Waals surface area contributed by atoms with Gasteiger partial charge in [-0.05, 0) is 0 Å². The summed E-state index contributed by atoms with van der Waals surface area (Å²) < 4.78 is 216. The smallest absolute Gasteiger partial charge is 0.299 e. The van der Waals surface area contributed by atoms with Gasteiger partial charge in [-0.15, -0.1) is 0 Å². The lowest BCUT2D eigenvalue weighted by Gasteiger charge is -2.24. The second-order valence-electron chi connectivity index (χ2n) is 7.27. The lowest BCUT2D eigenvalue weighted by atomic mass is 10.0. The second kappa shape index (κ2) is 10.9. The Hall–Kier alpha value is -1.92. The molecule has 20 nitrogen and oxygen atoms in total. The van der Waals surface area contributed by atoms with Crippen molar-refractivity contribution in [2.45, 2.75) is 29.4 Å². The van der Waals surface area contributed by atoms with E-state index in [4.69, 9.17) is 23.2 Å². The van der Waals surface area contributed by atoms with Crippen LogP contribution >= 0.6 is 23.2 Å². The third-order valence-electron chi connectivity index (χ3n) is 4.74. The molecule has 2 rings (SSSR count). The summed E-state index contributed by atoms with van der Waals surface area (Å²) in [6.45, 7) is 0. The minimum absolute atomic E-state index is 0.369. The normalized spacial score (nSPS) is 13.7. The lowest BCUT2D eigenvalue weighted by molar-refractivity contribution is 0.387. The Morgan fingerprint density at radius 3 is 0.738 bits per heavy atom. The fourth-order valence-electron chi connectivity index (χ4n) is 3.52. The van der Waals surface area contributed by atoms with Gasteiger partial charge in [0, 0.05) is 0 Å². The molecule has 42 heavy (non-hydrogen) atoms. The molecule has 0 bridgehead atoms. The molecule has 0 spiro atoms. The standard InChI is InChI=1S/C14H12Cl2O20S6/c1-35-7-3(9(37(17,18)19)13(41(29,30)31)5(15)11(7)39(23,24)25)4-8(36-2)12(40(26,27)28)6(16)14(42(32,33)34)10(4)38(20,21)22/h1-2H3,(H,17,18,19)(H,20,21,22)(H,23,24,25)(H,26,27,28)(H,29,30,31)(H,32,33,34). The van der Waals surface area contributed by atoms with Gasteiger partial charge in [0.05, 0.1) is 35.4 Å². The molecule has 238 valence electrons. The Labute approximate surface area is 246 Å². The third-order valence-corrected chi connectivity index (χ3v) is 11.7. The van der Waals surface area contributed by atoms with Gasteiger partial charge in [-0.25, -0.2) is 0 Å². The highest BCUT2D eigenvalue weighted by atomic mass is 35.5. The van der Waals surface area contributed by atoms with Crippen LogP contribution in [0.1, 0.15) is 0 Å². The van der Waals surface area contributed by atoms with Crippen molar-refractivity contribution in [3.63, 3.8) is 0 Å². The van der Waals surface area contributed by atoms with Crippen molar-refractivity contribution < 1.29 is 87.3 Å². The first-order valence-corrected chi connectivity index (χ1v) is 18.6. The van der Waals surface area contributed by atoms with Gasteiger partial charge >= 0.3 is 0 Å².